The predicted octanol–water partition coefficient (Wildman–Crippen LogP) is 2.54. The monoisotopic (exact) mass is 274 g/mol. The fourth-order valence-corrected chi connectivity index (χ4v) is 2.16. The van der Waals surface area contributed by atoms with Crippen LogP contribution in [0.1, 0.15) is 22.8 Å². The quantitative estimate of drug-likeness (QED) is 0.792. The van der Waals surface area contributed by atoms with Crippen molar-refractivity contribution in [2.75, 3.05) is 25.3 Å². The Bertz CT molecular complexity index is 564. The first-order valence-electron chi connectivity index (χ1n) is 6.47. The van der Waals surface area contributed by atoms with Crippen LogP contribution in [-0.4, -0.2) is 32.6 Å². The van der Waals surface area contributed by atoms with E-state index in [0.717, 1.165) is 11.3 Å². The van der Waals surface area contributed by atoms with Gasteiger partial charge >= 0.3 is 5.97 Å². The van der Waals surface area contributed by atoms with Crippen LogP contribution >= 0.6 is 0 Å². The number of aliphatic imine (C=N–C) groups is 1. The maximum Gasteiger partial charge on any atom is 0.338 e. The lowest BCUT2D eigenvalue weighted by atomic mass is 10.0. The topological polar surface area (TPSA) is 51.1 Å². The number of carbonyl (C=O) groups excluding carboxylic acids is 1. The molecule has 0 spiro atoms. The largest absolute Gasteiger partial charge is 0.495 e. The van der Waals surface area contributed by atoms with E-state index in [1.807, 2.05) is 24.1 Å². The summed E-state index contributed by atoms with van der Waals surface area (Å²) in [7, 11) is 1.61. The van der Waals surface area contributed by atoms with Gasteiger partial charge in [0.1, 0.15) is 12.4 Å². The van der Waals surface area contributed by atoms with E-state index in [1.54, 1.807) is 32.4 Å². The lowest BCUT2D eigenvalue weighted by Crippen LogP contribution is -2.21. The third-order valence-corrected chi connectivity index (χ3v) is 3.09. The molecule has 5 heteroatoms. The molecule has 0 aliphatic carbocycles. The zero-order valence-electron chi connectivity index (χ0n) is 11.9. The summed E-state index contributed by atoms with van der Waals surface area (Å²) in [5, 5.41) is 0. The van der Waals surface area contributed by atoms with Crippen LogP contribution < -0.4 is 9.64 Å². The number of anilines is 1. The molecule has 0 amide bonds. The third kappa shape index (κ3) is 2.66. The summed E-state index contributed by atoms with van der Waals surface area (Å²) in [6.07, 6.45) is 5.50. The fraction of sp³-hybridized carbons (Fsp3) is 0.333. The highest BCUT2D eigenvalue weighted by atomic mass is 16.5. The summed E-state index contributed by atoms with van der Waals surface area (Å²) < 4.78 is 10.5. The molecular formula is C15H18N2O3. The smallest absolute Gasteiger partial charge is 0.338 e. The summed E-state index contributed by atoms with van der Waals surface area (Å²) >= 11 is 0. The average molecular weight is 274 g/mol. The van der Waals surface area contributed by atoms with Gasteiger partial charge in [0, 0.05) is 12.4 Å². The summed E-state index contributed by atoms with van der Waals surface area (Å²) in [5.74, 6) is 0.385. The van der Waals surface area contributed by atoms with Crippen molar-refractivity contribution < 1.29 is 14.3 Å². The number of ether oxygens (including phenoxy) is 2. The molecule has 1 aliphatic heterocycles. The minimum atomic E-state index is -0.321. The molecule has 1 heterocycles. The van der Waals surface area contributed by atoms with E-state index in [0.29, 0.717) is 24.6 Å². The number of methoxy groups -OCH3 is 1. The molecule has 0 N–H and O–H groups in total. The Morgan fingerprint density at radius 3 is 2.85 bits per heavy atom. The number of hydrogen-bond donors (Lipinski definition) is 0. The first-order chi connectivity index (χ1) is 9.69. The molecule has 1 aliphatic rings. The van der Waals surface area contributed by atoms with E-state index in [2.05, 4.69) is 4.99 Å². The van der Waals surface area contributed by atoms with Gasteiger partial charge in [-0.3, -0.25) is 4.99 Å². The molecule has 0 aromatic heterocycles. The van der Waals surface area contributed by atoms with E-state index < -0.39 is 0 Å². The highest BCUT2D eigenvalue weighted by Gasteiger charge is 2.20. The van der Waals surface area contributed by atoms with Crippen LogP contribution in [0.15, 0.2) is 29.4 Å². The standard InChI is InChI=1S/C15H18N2O3/c1-4-20-15(18)12-6-7-13(19-3)14(11(12)2)17-9-5-8-16-10-17/h5-9H,4,10H2,1-3H3. The van der Waals surface area contributed by atoms with Crippen LogP contribution in [0, 0.1) is 6.92 Å². The number of rotatable bonds is 4. The van der Waals surface area contributed by atoms with Crippen LogP contribution in [0.4, 0.5) is 5.69 Å². The van der Waals surface area contributed by atoms with Crippen molar-refractivity contribution in [2.45, 2.75) is 13.8 Å². The molecule has 0 unspecified atom stereocenters. The number of benzene rings is 1. The van der Waals surface area contributed by atoms with E-state index >= 15 is 0 Å². The molecule has 106 valence electrons. The first-order valence-corrected chi connectivity index (χ1v) is 6.47. The van der Waals surface area contributed by atoms with Crippen molar-refractivity contribution in [1.29, 1.82) is 0 Å². The fourth-order valence-electron chi connectivity index (χ4n) is 2.16. The molecule has 0 radical (unpaired) electrons. The molecule has 0 atom stereocenters. The average Bonchev–Trinajstić information content (AvgIpc) is 2.47. The highest BCUT2D eigenvalue weighted by molar-refractivity contribution is 5.94. The molecule has 0 saturated heterocycles. The SMILES string of the molecule is CCOC(=O)c1ccc(OC)c(N2C=CC=NC2)c1C. The predicted molar refractivity (Wildman–Crippen MR) is 78.7 cm³/mol. The Morgan fingerprint density at radius 2 is 2.25 bits per heavy atom. The van der Waals surface area contributed by atoms with Gasteiger partial charge in [-0.25, -0.2) is 4.79 Å². The van der Waals surface area contributed by atoms with E-state index in [4.69, 9.17) is 9.47 Å². The van der Waals surface area contributed by atoms with Gasteiger partial charge in [-0.05, 0) is 37.6 Å². The minimum Gasteiger partial charge on any atom is -0.495 e. The zero-order valence-corrected chi connectivity index (χ0v) is 11.9. The van der Waals surface area contributed by atoms with Crippen LogP contribution in [-0.2, 0) is 4.74 Å². The Morgan fingerprint density at radius 1 is 1.45 bits per heavy atom. The Hall–Kier alpha value is -2.30. The molecule has 20 heavy (non-hydrogen) atoms. The minimum absolute atomic E-state index is 0.321. The van der Waals surface area contributed by atoms with Gasteiger partial charge in [0.2, 0.25) is 0 Å². The van der Waals surface area contributed by atoms with Crippen molar-refractivity contribution in [2.24, 2.45) is 4.99 Å². The first kappa shape index (κ1) is 14.1. The van der Waals surface area contributed by atoms with Crippen molar-refractivity contribution >= 4 is 17.9 Å². The number of carbonyl (C=O) groups is 1. The molecular weight excluding hydrogens is 256 g/mol. The molecule has 2 rings (SSSR count). The van der Waals surface area contributed by atoms with Crippen LogP contribution in [0.3, 0.4) is 0 Å². The van der Waals surface area contributed by atoms with Gasteiger partial charge < -0.3 is 14.4 Å². The lowest BCUT2D eigenvalue weighted by molar-refractivity contribution is 0.0525. The Balaban J connectivity index is 2.47. The van der Waals surface area contributed by atoms with Gasteiger partial charge in [-0.2, -0.15) is 0 Å². The lowest BCUT2D eigenvalue weighted by Gasteiger charge is -2.25. The van der Waals surface area contributed by atoms with E-state index in [1.165, 1.54) is 0 Å². The third-order valence-electron chi connectivity index (χ3n) is 3.09. The van der Waals surface area contributed by atoms with Crippen molar-refractivity contribution in [3.63, 3.8) is 0 Å². The second-order valence-electron chi connectivity index (χ2n) is 4.29. The summed E-state index contributed by atoms with van der Waals surface area (Å²) in [4.78, 5) is 18.1. The number of allylic oxidation sites excluding steroid dienone is 1. The van der Waals surface area contributed by atoms with Gasteiger partial charge in [-0.15, -0.1) is 0 Å². The molecule has 5 nitrogen and oxygen atoms in total. The van der Waals surface area contributed by atoms with Crippen LogP contribution in [0.25, 0.3) is 0 Å². The summed E-state index contributed by atoms with van der Waals surface area (Å²) in [6, 6.07) is 3.51. The van der Waals surface area contributed by atoms with Crippen molar-refractivity contribution in [3.8, 4) is 5.75 Å². The molecule has 1 aromatic carbocycles. The Labute approximate surface area is 118 Å². The molecule has 0 fully saturated rings. The van der Waals surface area contributed by atoms with Crippen LogP contribution in [0.2, 0.25) is 0 Å². The molecule has 0 bridgehead atoms. The number of esters is 1. The number of hydrogen-bond acceptors (Lipinski definition) is 5. The highest BCUT2D eigenvalue weighted by Crippen LogP contribution is 2.35. The molecule has 0 saturated carbocycles. The van der Waals surface area contributed by atoms with Gasteiger partial charge in [0.05, 0.1) is 25.0 Å². The second-order valence-corrected chi connectivity index (χ2v) is 4.29. The maximum absolute atomic E-state index is 12.0. The normalized spacial score (nSPS) is 13.4. The van der Waals surface area contributed by atoms with E-state index in [9.17, 15) is 4.79 Å². The summed E-state index contributed by atoms with van der Waals surface area (Å²) in [6.45, 7) is 4.53. The molecule has 1 aromatic rings. The number of nitrogens with zero attached hydrogens (tertiary/aromatic N) is 2. The maximum atomic E-state index is 12.0. The van der Waals surface area contributed by atoms with Gasteiger partial charge in [0.25, 0.3) is 0 Å². The van der Waals surface area contributed by atoms with Crippen molar-refractivity contribution in [1.82, 2.24) is 0 Å². The van der Waals surface area contributed by atoms with Crippen LogP contribution in [0.5, 0.6) is 5.75 Å². The van der Waals surface area contributed by atoms with E-state index in [-0.39, 0.29) is 5.97 Å². The summed E-state index contributed by atoms with van der Waals surface area (Å²) in [5.41, 5.74) is 2.21. The second kappa shape index (κ2) is 6.23. The van der Waals surface area contributed by atoms with Gasteiger partial charge in [0.15, 0.2) is 0 Å². The zero-order chi connectivity index (χ0) is 14.5. The van der Waals surface area contributed by atoms with Crippen molar-refractivity contribution in [3.05, 3.63) is 35.5 Å². The van der Waals surface area contributed by atoms with Gasteiger partial charge in [-0.1, -0.05) is 0 Å². The Kier molecular flexibility index (Phi) is 4.40.